The van der Waals surface area contributed by atoms with E-state index in [1.54, 1.807) is 10.6 Å². The van der Waals surface area contributed by atoms with Crippen molar-refractivity contribution in [2.45, 2.75) is 37.2 Å². The largest absolute Gasteiger partial charge is 0.477 e. The summed E-state index contributed by atoms with van der Waals surface area (Å²) >= 11 is 1.33. The van der Waals surface area contributed by atoms with Gasteiger partial charge in [0, 0.05) is 11.4 Å². The van der Waals surface area contributed by atoms with Gasteiger partial charge in [0.25, 0.3) is 0 Å². The molecule has 7 heteroatoms. The van der Waals surface area contributed by atoms with E-state index < -0.39 is 17.2 Å². The predicted octanol–water partition coefficient (Wildman–Crippen LogP) is 3.28. The molecule has 2 aromatic rings. The van der Waals surface area contributed by atoms with Crippen molar-refractivity contribution in [3.63, 3.8) is 0 Å². The molecule has 0 spiro atoms. The summed E-state index contributed by atoms with van der Waals surface area (Å²) < 4.78 is 16.0. The molecule has 1 atom stereocenters. The lowest BCUT2D eigenvalue weighted by Gasteiger charge is -2.32. The van der Waals surface area contributed by atoms with Crippen LogP contribution in [0.3, 0.4) is 0 Å². The molecule has 0 aliphatic carbocycles. The zero-order valence-electron chi connectivity index (χ0n) is 12.3. The number of carboxylic acids is 1. The van der Waals surface area contributed by atoms with Crippen molar-refractivity contribution < 1.29 is 14.3 Å². The summed E-state index contributed by atoms with van der Waals surface area (Å²) in [5, 5.41) is 12.8. The minimum absolute atomic E-state index is 0.00793. The van der Waals surface area contributed by atoms with Crippen molar-refractivity contribution >= 4 is 34.3 Å². The van der Waals surface area contributed by atoms with E-state index in [9.17, 15) is 19.1 Å². The fraction of sp³-hybridized carbons (Fsp3) is 0.333. The molecule has 0 fully saturated rings. The Kier molecular flexibility index (Phi) is 3.40. The molecule has 1 aliphatic heterocycles. The van der Waals surface area contributed by atoms with Gasteiger partial charge in [0.1, 0.15) is 11.4 Å². The van der Waals surface area contributed by atoms with Gasteiger partial charge in [0.05, 0.1) is 21.6 Å². The van der Waals surface area contributed by atoms with Crippen LogP contribution in [-0.4, -0.2) is 21.7 Å². The zero-order chi connectivity index (χ0) is 16.2. The van der Waals surface area contributed by atoms with Crippen molar-refractivity contribution in [3.05, 3.63) is 33.7 Å². The second-order valence-electron chi connectivity index (χ2n) is 5.55. The van der Waals surface area contributed by atoms with Crippen LogP contribution in [0.1, 0.15) is 36.5 Å². The maximum absolute atomic E-state index is 14.2. The number of hydrogen-bond donors (Lipinski definition) is 2. The van der Waals surface area contributed by atoms with Crippen LogP contribution < -0.4 is 10.7 Å². The first-order valence-electron chi connectivity index (χ1n) is 6.89. The molecular weight excluding hydrogens is 307 g/mol. The van der Waals surface area contributed by atoms with Gasteiger partial charge >= 0.3 is 5.97 Å². The highest BCUT2D eigenvalue weighted by Crippen LogP contribution is 2.46. The molecule has 2 heterocycles. The Morgan fingerprint density at radius 2 is 2.14 bits per heavy atom. The molecule has 5 nitrogen and oxygen atoms in total. The number of carbonyl (C=O) groups is 1. The standard InChI is InChI=1S/C15H15FN2O3S/c1-6(2)17-10-5-11-8(4-9(10)16)13(19)12(15(20)21)14-18(11)7(3)22-14/h4-7,17H,1-3H3,(H,20,21). The molecular formula is C15H15FN2O3S. The van der Waals surface area contributed by atoms with Gasteiger partial charge in [-0.1, -0.05) is 11.8 Å². The van der Waals surface area contributed by atoms with Crippen LogP contribution in [0.5, 0.6) is 0 Å². The molecule has 22 heavy (non-hydrogen) atoms. The number of thioether (sulfide) groups is 1. The van der Waals surface area contributed by atoms with Crippen LogP contribution in [-0.2, 0) is 0 Å². The molecule has 1 unspecified atom stereocenters. The van der Waals surface area contributed by atoms with Crippen molar-refractivity contribution in [3.8, 4) is 0 Å². The third-order valence-corrected chi connectivity index (χ3v) is 4.73. The Morgan fingerprint density at radius 3 is 2.68 bits per heavy atom. The average molecular weight is 322 g/mol. The SMILES string of the molecule is CC(C)Nc1cc2c(cc1F)c(=O)c(C(=O)O)c1n2C(C)S1. The van der Waals surface area contributed by atoms with Gasteiger partial charge < -0.3 is 15.0 Å². The van der Waals surface area contributed by atoms with E-state index in [1.807, 2.05) is 20.8 Å². The zero-order valence-corrected chi connectivity index (χ0v) is 13.1. The quantitative estimate of drug-likeness (QED) is 0.907. The van der Waals surface area contributed by atoms with Crippen molar-refractivity contribution in [1.29, 1.82) is 0 Å². The summed E-state index contributed by atoms with van der Waals surface area (Å²) in [5.41, 5.74) is -0.0488. The van der Waals surface area contributed by atoms with Crippen molar-refractivity contribution in [1.82, 2.24) is 4.57 Å². The van der Waals surface area contributed by atoms with E-state index in [2.05, 4.69) is 5.32 Å². The fourth-order valence-electron chi connectivity index (χ4n) is 2.66. The summed E-state index contributed by atoms with van der Waals surface area (Å²) in [6.07, 6.45) is 0. The highest BCUT2D eigenvalue weighted by Gasteiger charge is 2.32. The first-order valence-corrected chi connectivity index (χ1v) is 7.77. The fourth-order valence-corrected chi connectivity index (χ4v) is 3.81. The highest BCUT2D eigenvalue weighted by molar-refractivity contribution is 8.00. The molecule has 0 saturated heterocycles. The number of carboxylic acid groups (broad SMARTS) is 1. The number of nitrogens with one attached hydrogen (secondary N) is 1. The van der Waals surface area contributed by atoms with Gasteiger partial charge in [-0.2, -0.15) is 0 Å². The van der Waals surface area contributed by atoms with Crippen LogP contribution >= 0.6 is 11.8 Å². The molecule has 0 amide bonds. The van der Waals surface area contributed by atoms with E-state index in [-0.39, 0.29) is 22.4 Å². The Morgan fingerprint density at radius 1 is 1.45 bits per heavy atom. The van der Waals surface area contributed by atoms with Gasteiger partial charge in [-0.25, -0.2) is 9.18 Å². The summed E-state index contributed by atoms with van der Waals surface area (Å²) in [6.45, 7) is 5.69. The van der Waals surface area contributed by atoms with Crippen LogP contribution in [0.25, 0.3) is 10.9 Å². The Hall–Kier alpha value is -2.02. The van der Waals surface area contributed by atoms with E-state index >= 15 is 0 Å². The van der Waals surface area contributed by atoms with Gasteiger partial charge in [-0.05, 0) is 32.9 Å². The van der Waals surface area contributed by atoms with Gasteiger partial charge in [0.15, 0.2) is 0 Å². The topological polar surface area (TPSA) is 71.3 Å². The number of pyridine rings is 1. The molecule has 116 valence electrons. The minimum atomic E-state index is -1.28. The Balaban J connectivity index is 2.37. The molecule has 0 saturated carbocycles. The summed E-state index contributed by atoms with van der Waals surface area (Å²) in [6, 6.07) is 2.74. The predicted molar refractivity (Wildman–Crippen MR) is 84.5 cm³/mol. The Bertz CT molecular complexity index is 860. The van der Waals surface area contributed by atoms with Crippen molar-refractivity contribution in [2.75, 3.05) is 5.32 Å². The summed E-state index contributed by atoms with van der Waals surface area (Å²) in [4.78, 5) is 23.7. The monoisotopic (exact) mass is 322 g/mol. The Labute approximate surface area is 130 Å². The van der Waals surface area contributed by atoms with E-state index in [4.69, 9.17) is 0 Å². The first kappa shape index (κ1) is 14.9. The number of nitrogens with zero attached hydrogens (tertiary/aromatic N) is 1. The van der Waals surface area contributed by atoms with Crippen LogP contribution in [0, 0.1) is 5.82 Å². The second-order valence-corrected chi connectivity index (χ2v) is 6.85. The smallest absolute Gasteiger partial charge is 0.342 e. The van der Waals surface area contributed by atoms with Gasteiger partial charge in [-0.3, -0.25) is 4.79 Å². The summed E-state index contributed by atoms with van der Waals surface area (Å²) in [7, 11) is 0. The number of anilines is 1. The lowest BCUT2D eigenvalue weighted by Crippen LogP contribution is -2.28. The normalized spacial score (nSPS) is 16.5. The molecule has 0 bridgehead atoms. The number of aromatic nitrogens is 1. The average Bonchev–Trinajstić information content (AvgIpc) is 2.39. The van der Waals surface area contributed by atoms with Crippen LogP contribution in [0.4, 0.5) is 10.1 Å². The third-order valence-electron chi connectivity index (χ3n) is 3.55. The lowest BCUT2D eigenvalue weighted by molar-refractivity contribution is 0.0689. The molecule has 1 aromatic heterocycles. The van der Waals surface area contributed by atoms with Gasteiger partial charge in [-0.15, -0.1) is 0 Å². The first-order chi connectivity index (χ1) is 10.3. The summed E-state index contributed by atoms with van der Waals surface area (Å²) in [5.74, 6) is -1.84. The number of fused-ring (bicyclic) bond motifs is 3. The molecule has 2 N–H and O–H groups in total. The van der Waals surface area contributed by atoms with E-state index in [1.165, 1.54) is 11.8 Å². The number of hydrogen-bond acceptors (Lipinski definition) is 4. The molecule has 1 aliphatic rings. The number of aromatic carboxylic acids is 1. The second kappa shape index (κ2) is 5.01. The van der Waals surface area contributed by atoms with Crippen LogP contribution in [0.2, 0.25) is 0 Å². The number of benzene rings is 1. The van der Waals surface area contributed by atoms with Crippen molar-refractivity contribution in [2.24, 2.45) is 0 Å². The van der Waals surface area contributed by atoms with Crippen LogP contribution in [0.15, 0.2) is 22.0 Å². The number of rotatable bonds is 3. The molecule has 3 rings (SSSR count). The van der Waals surface area contributed by atoms with E-state index in [0.29, 0.717) is 16.2 Å². The highest BCUT2D eigenvalue weighted by atomic mass is 32.2. The molecule has 1 aromatic carbocycles. The maximum Gasteiger partial charge on any atom is 0.342 e. The van der Waals surface area contributed by atoms with Gasteiger partial charge in [0.2, 0.25) is 5.43 Å². The minimum Gasteiger partial charge on any atom is -0.477 e. The third kappa shape index (κ3) is 2.08. The maximum atomic E-state index is 14.2. The number of halogens is 1. The molecule has 0 radical (unpaired) electrons. The van der Waals surface area contributed by atoms with E-state index in [0.717, 1.165) is 6.07 Å². The lowest BCUT2D eigenvalue weighted by atomic mass is 10.1.